The molecule has 0 radical (unpaired) electrons. The van der Waals surface area contributed by atoms with Crippen molar-refractivity contribution < 1.29 is 20.7 Å². The van der Waals surface area contributed by atoms with E-state index in [4.69, 9.17) is 5.73 Å². The molecule has 1 atom stereocenters. The Kier molecular flexibility index (Phi) is 6.54. The molecule has 0 aromatic heterocycles. The summed E-state index contributed by atoms with van der Waals surface area (Å²) < 4.78 is 0.282. The van der Waals surface area contributed by atoms with Crippen LogP contribution in [0.2, 0.25) is 0 Å². The van der Waals surface area contributed by atoms with Crippen LogP contribution < -0.4 is 26.4 Å². The van der Waals surface area contributed by atoms with E-state index in [9.17, 15) is 0 Å². The molecule has 0 aliphatic heterocycles. The Morgan fingerprint density at radius 1 is 2.00 bits per heavy atom. The first-order valence-corrected chi connectivity index (χ1v) is 10.7. The quantitative estimate of drug-likeness (QED) is 0.367. The summed E-state index contributed by atoms with van der Waals surface area (Å²) in [5.74, 6) is 0. The number of halogens is 2. The Morgan fingerprint density at radius 2 is 2.50 bits per heavy atom. The zero-order valence-corrected chi connectivity index (χ0v) is 8.70. The first-order chi connectivity index (χ1) is 2.81. The van der Waals surface area contributed by atoms with E-state index in [2.05, 4.69) is 27.0 Å². The summed E-state index contributed by atoms with van der Waals surface area (Å²) in [6.07, 6.45) is 0.930. The summed E-state index contributed by atoms with van der Waals surface area (Å²) in [5.41, 5.74) is 5.33. The fourth-order valence-corrected chi connectivity index (χ4v) is 1.39. The van der Waals surface area contributed by atoms with Crippen molar-refractivity contribution >= 4 is 25.2 Å². The number of hydrogen-bond acceptors (Lipinski definition) is 1. The molecule has 0 aliphatic rings. The molecule has 0 heterocycles. The fraction of sp³-hybridized carbons (Fsp3) is 1.00. The summed E-state index contributed by atoms with van der Waals surface area (Å²) in [5, 5.41) is 0. The topological polar surface area (TPSA) is 26.0 Å². The van der Waals surface area contributed by atoms with Gasteiger partial charge in [-0.15, -0.1) is 0 Å². The summed E-state index contributed by atoms with van der Waals surface area (Å²) in [7, 11) is 0. The van der Waals surface area contributed by atoms with Gasteiger partial charge in [-0.25, -0.2) is 0 Å². The van der Waals surface area contributed by atoms with Crippen molar-refractivity contribution in [2.24, 2.45) is 5.73 Å². The molecule has 0 fully saturated rings. The molecular formula is C2H7I2NP-. The monoisotopic (exact) mass is 330 g/mol. The molecule has 2 N–H and O–H groups in total. The minimum absolute atomic E-state index is 0.282. The Morgan fingerprint density at radius 3 is 2.50 bits per heavy atom. The van der Waals surface area contributed by atoms with Crippen LogP contribution in [0, 0.1) is 0 Å². The molecule has 0 aromatic carbocycles. The van der Waals surface area contributed by atoms with E-state index < -0.39 is 0 Å². The molecular weight excluding hydrogens is 323 g/mol. The van der Waals surface area contributed by atoms with Gasteiger partial charge in [0.15, 0.2) is 0 Å². The predicted octanol–water partition coefficient (Wildman–Crippen LogP) is -1.63. The average molecular weight is 330 g/mol. The molecule has 0 aromatic rings. The van der Waals surface area contributed by atoms with Crippen molar-refractivity contribution in [3.05, 3.63) is 0 Å². The van der Waals surface area contributed by atoms with E-state index >= 15 is 0 Å². The third-order valence-electron chi connectivity index (χ3n) is 0.321. The van der Waals surface area contributed by atoms with Gasteiger partial charge in [0.05, 0.1) is 0 Å². The van der Waals surface area contributed by atoms with Crippen molar-refractivity contribution in [3.63, 3.8) is 0 Å². The summed E-state index contributed by atoms with van der Waals surface area (Å²) >= 11 is 2.93. The van der Waals surface area contributed by atoms with Gasteiger partial charge < -0.3 is 0 Å². The van der Waals surface area contributed by atoms with Crippen molar-refractivity contribution in [3.8, 4) is 0 Å². The van der Waals surface area contributed by atoms with Crippen molar-refractivity contribution in [2.75, 3.05) is 11.2 Å². The molecule has 0 spiro atoms. The van der Waals surface area contributed by atoms with Gasteiger partial charge in [0, 0.05) is 0 Å². The Balaban J connectivity index is 2.75. The van der Waals surface area contributed by atoms with Crippen LogP contribution in [-0.4, -0.2) is 11.2 Å². The molecule has 0 saturated carbocycles. The van der Waals surface area contributed by atoms with Gasteiger partial charge in [-0.2, -0.15) is 0 Å². The summed E-state index contributed by atoms with van der Waals surface area (Å²) in [6, 6.07) is 0. The van der Waals surface area contributed by atoms with E-state index in [-0.39, 0.29) is 3.21 Å². The van der Waals surface area contributed by atoms with E-state index in [0.717, 1.165) is 6.29 Å². The number of nitrogens with two attached hydrogens (primary N) is 1. The molecule has 0 rings (SSSR count). The van der Waals surface area contributed by atoms with E-state index in [1.165, 1.54) is 0 Å². The fourth-order valence-electron chi connectivity index (χ4n) is 0.0690. The number of alkyl halides is 1. The SMILES string of the molecule is C[I-]P(I)CN. The second-order valence-electron chi connectivity index (χ2n) is 0.655. The van der Waals surface area contributed by atoms with Crippen molar-refractivity contribution in [2.45, 2.75) is 0 Å². The van der Waals surface area contributed by atoms with Crippen LogP contribution in [0.15, 0.2) is 0 Å². The maximum atomic E-state index is 5.33. The Labute approximate surface area is 62.3 Å². The van der Waals surface area contributed by atoms with Gasteiger partial charge in [0.1, 0.15) is 0 Å². The zero-order valence-electron chi connectivity index (χ0n) is 3.49. The molecule has 0 bridgehead atoms. The van der Waals surface area contributed by atoms with Gasteiger partial charge in [0.25, 0.3) is 0 Å². The van der Waals surface area contributed by atoms with Crippen LogP contribution >= 0.6 is 25.2 Å². The maximum absolute atomic E-state index is 5.33. The van der Waals surface area contributed by atoms with E-state index in [1.807, 2.05) is 0 Å². The van der Waals surface area contributed by atoms with E-state index in [1.54, 1.807) is 0 Å². The van der Waals surface area contributed by atoms with Crippen molar-refractivity contribution in [1.29, 1.82) is 0 Å². The summed E-state index contributed by atoms with van der Waals surface area (Å²) in [6.45, 7) is 0. The molecule has 1 nitrogen and oxygen atoms in total. The second-order valence-corrected chi connectivity index (χ2v) is 17.4. The standard InChI is InChI=1S/C2H7I2NP/c1-4-6(3)2-5/h2,5H2,1H3/q-1. The van der Waals surface area contributed by atoms with Gasteiger partial charge in [-0.1, -0.05) is 0 Å². The average Bonchev–Trinajstić information content (AvgIpc) is 1.65. The van der Waals surface area contributed by atoms with Crippen LogP contribution in [0.25, 0.3) is 0 Å². The third kappa shape index (κ3) is 4.02. The predicted molar refractivity (Wildman–Crippen MR) is 35.9 cm³/mol. The van der Waals surface area contributed by atoms with Gasteiger partial charge >= 0.3 is 62.9 Å². The normalized spacial score (nSPS) is 15.2. The molecule has 0 aliphatic carbocycles. The van der Waals surface area contributed by atoms with Crippen LogP contribution in [0.1, 0.15) is 0 Å². The molecule has 1 unspecified atom stereocenters. The molecule has 4 heteroatoms. The van der Waals surface area contributed by atoms with Crippen LogP contribution in [-0.2, 0) is 0 Å². The first kappa shape index (κ1) is 7.85. The minimum atomic E-state index is 0.282. The number of rotatable bonds is 2. The van der Waals surface area contributed by atoms with Gasteiger partial charge in [0.2, 0.25) is 0 Å². The third-order valence-corrected chi connectivity index (χ3v) is 13.8. The van der Waals surface area contributed by atoms with Gasteiger partial charge in [-0.05, 0) is 0 Å². The zero-order chi connectivity index (χ0) is 4.99. The van der Waals surface area contributed by atoms with Crippen LogP contribution in [0.3, 0.4) is 0 Å². The van der Waals surface area contributed by atoms with E-state index in [0.29, 0.717) is 20.7 Å². The van der Waals surface area contributed by atoms with Gasteiger partial charge in [-0.3, -0.25) is 0 Å². The molecule has 40 valence electrons. The molecule has 0 amide bonds. The Bertz CT molecular complexity index is 30.7. The second kappa shape index (κ2) is 5.00. The van der Waals surface area contributed by atoms with Crippen LogP contribution in [0.5, 0.6) is 0 Å². The first-order valence-electron chi connectivity index (χ1n) is 1.44. The number of hydrogen-bond donors (Lipinski definition) is 1. The molecule has 6 heavy (non-hydrogen) atoms. The Hall–Kier alpha value is 1.85. The van der Waals surface area contributed by atoms with Crippen LogP contribution in [0.4, 0.5) is 0 Å². The summed E-state index contributed by atoms with van der Waals surface area (Å²) in [4.78, 5) is 2.28. The molecule has 0 saturated heterocycles. The van der Waals surface area contributed by atoms with Crippen molar-refractivity contribution in [1.82, 2.24) is 0 Å².